The Morgan fingerprint density at radius 3 is 2.80 bits per heavy atom. The lowest BCUT2D eigenvalue weighted by molar-refractivity contribution is -0.00598. The summed E-state index contributed by atoms with van der Waals surface area (Å²) in [6.45, 7) is 3.99. The van der Waals surface area contributed by atoms with Crippen molar-refractivity contribution in [2.24, 2.45) is 0 Å². The van der Waals surface area contributed by atoms with Gasteiger partial charge >= 0.3 is 0 Å². The maximum Gasteiger partial charge on any atom is 0.0796 e. The summed E-state index contributed by atoms with van der Waals surface area (Å²) in [5, 5.41) is 3.55. The molecule has 1 aliphatic carbocycles. The van der Waals surface area contributed by atoms with Gasteiger partial charge in [0.2, 0.25) is 0 Å². The second kappa shape index (κ2) is 6.94. The third kappa shape index (κ3) is 4.48. The van der Waals surface area contributed by atoms with Crippen LogP contribution in [0.2, 0.25) is 0 Å². The van der Waals surface area contributed by atoms with Crippen LogP contribution in [0.5, 0.6) is 0 Å². The molecular weight excluding hydrogens is 268 g/mol. The fourth-order valence-corrected chi connectivity index (χ4v) is 3.32. The van der Waals surface area contributed by atoms with Gasteiger partial charge in [0.05, 0.1) is 12.7 Å². The van der Waals surface area contributed by atoms with Gasteiger partial charge in [-0.05, 0) is 37.6 Å². The summed E-state index contributed by atoms with van der Waals surface area (Å²) >= 11 is 1.90. The highest BCUT2D eigenvalue weighted by Crippen LogP contribution is 2.22. The molecule has 1 aromatic carbocycles. The molecule has 1 aliphatic heterocycles. The Bertz CT molecular complexity index is 419. The summed E-state index contributed by atoms with van der Waals surface area (Å²) in [5.74, 6) is 1.05. The van der Waals surface area contributed by atoms with Crippen LogP contribution in [0.25, 0.3) is 0 Å². The van der Waals surface area contributed by atoms with Crippen molar-refractivity contribution in [1.82, 2.24) is 10.2 Å². The van der Waals surface area contributed by atoms with Gasteiger partial charge in [-0.25, -0.2) is 0 Å². The van der Waals surface area contributed by atoms with Gasteiger partial charge in [0, 0.05) is 36.3 Å². The number of likely N-dealkylation sites (N-methyl/N-ethyl adjacent to an activating group) is 1. The highest BCUT2D eigenvalue weighted by molar-refractivity contribution is 7.99. The average Bonchev–Trinajstić information content (AvgIpc) is 3.28. The molecule has 2 fully saturated rings. The molecule has 1 saturated carbocycles. The zero-order chi connectivity index (χ0) is 13.8. The lowest BCUT2D eigenvalue weighted by Crippen LogP contribution is -2.41. The van der Waals surface area contributed by atoms with Crippen LogP contribution in [0.4, 0.5) is 0 Å². The third-order valence-corrected chi connectivity index (χ3v) is 5.02. The molecule has 110 valence electrons. The molecule has 1 heterocycles. The molecule has 0 radical (unpaired) electrons. The lowest BCUT2D eigenvalue weighted by Gasteiger charge is -2.29. The van der Waals surface area contributed by atoms with E-state index < -0.39 is 0 Å². The summed E-state index contributed by atoms with van der Waals surface area (Å²) < 4.78 is 5.79. The minimum Gasteiger partial charge on any atom is -0.375 e. The number of benzene rings is 1. The molecule has 1 atom stereocenters. The number of nitrogens with zero attached hydrogens (tertiary/aromatic N) is 1. The molecule has 0 amide bonds. The topological polar surface area (TPSA) is 24.5 Å². The zero-order valence-corrected chi connectivity index (χ0v) is 13.0. The Hall–Kier alpha value is -0.550. The molecule has 0 bridgehead atoms. The Morgan fingerprint density at radius 1 is 1.30 bits per heavy atom. The van der Waals surface area contributed by atoms with Crippen molar-refractivity contribution in [3.8, 4) is 0 Å². The highest BCUT2D eigenvalue weighted by Gasteiger charge is 2.20. The minimum absolute atomic E-state index is 0.370. The molecule has 1 unspecified atom stereocenters. The first-order chi connectivity index (χ1) is 9.79. The Morgan fingerprint density at radius 2 is 2.10 bits per heavy atom. The van der Waals surface area contributed by atoms with Crippen LogP contribution in [-0.4, -0.2) is 49.5 Å². The van der Waals surface area contributed by atoms with Crippen LogP contribution >= 0.6 is 11.8 Å². The molecule has 1 aromatic rings. The van der Waals surface area contributed by atoms with Gasteiger partial charge in [0.1, 0.15) is 0 Å². The van der Waals surface area contributed by atoms with Gasteiger partial charge in [-0.1, -0.05) is 12.1 Å². The van der Waals surface area contributed by atoms with E-state index >= 15 is 0 Å². The number of ether oxygens (including phenoxy) is 1. The van der Waals surface area contributed by atoms with Gasteiger partial charge in [-0.3, -0.25) is 0 Å². The number of morpholine rings is 1. The fourth-order valence-electron chi connectivity index (χ4n) is 2.41. The van der Waals surface area contributed by atoms with E-state index in [2.05, 4.69) is 41.5 Å². The van der Waals surface area contributed by atoms with Crippen molar-refractivity contribution < 1.29 is 4.74 Å². The van der Waals surface area contributed by atoms with E-state index in [-0.39, 0.29) is 0 Å². The van der Waals surface area contributed by atoms with E-state index in [1.165, 1.54) is 23.3 Å². The van der Waals surface area contributed by atoms with Gasteiger partial charge in [-0.15, -0.1) is 11.8 Å². The van der Waals surface area contributed by atoms with E-state index in [0.717, 1.165) is 38.0 Å². The van der Waals surface area contributed by atoms with E-state index in [1.54, 1.807) is 0 Å². The van der Waals surface area contributed by atoms with Gasteiger partial charge in [-0.2, -0.15) is 0 Å². The largest absolute Gasteiger partial charge is 0.375 e. The summed E-state index contributed by atoms with van der Waals surface area (Å²) in [7, 11) is 2.17. The third-order valence-electron chi connectivity index (χ3n) is 3.87. The van der Waals surface area contributed by atoms with Crippen molar-refractivity contribution in [2.75, 3.05) is 32.5 Å². The first-order valence-corrected chi connectivity index (χ1v) is 8.53. The standard InChI is InChI=1S/C16H24N2OS/c1-18-8-9-19-15(11-18)12-20-16-6-2-13(3-7-16)10-17-14-4-5-14/h2-3,6-7,14-15,17H,4-5,8-12H2,1H3. The first-order valence-electron chi connectivity index (χ1n) is 7.55. The molecule has 0 aromatic heterocycles. The van der Waals surface area contributed by atoms with Crippen LogP contribution in [-0.2, 0) is 11.3 Å². The first kappa shape index (κ1) is 14.4. The number of thioether (sulfide) groups is 1. The molecule has 3 rings (SSSR count). The van der Waals surface area contributed by atoms with Crippen LogP contribution in [0.3, 0.4) is 0 Å². The summed E-state index contributed by atoms with van der Waals surface area (Å²) in [6.07, 6.45) is 3.07. The van der Waals surface area contributed by atoms with Crippen LogP contribution < -0.4 is 5.32 Å². The Balaban J connectivity index is 1.42. The van der Waals surface area contributed by atoms with E-state index in [9.17, 15) is 0 Å². The molecule has 2 aliphatic rings. The molecule has 4 heteroatoms. The second-order valence-electron chi connectivity index (χ2n) is 5.87. The van der Waals surface area contributed by atoms with Gasteiger partial charge in [0.25, 0.3) is 0 Å². The Kier molecular flexibility index (Phi) is 4.99. The predicted molar refractivity (Wildman–Crippen MR) is 84.3 cm³/mol. The van der Waals surface area contributed by atoms with Crippen LogP contribution in [0.15, 0.2) is 29.2 Å². The smallest absolute Gasteiger partial charge is 0.0796 e. The van der Waals surface area contributed by atoms with Gasteiger partial charge in [0.15, 0.2) is 0 Å². The molecular formula is C16H24N2OS. The van der Waals surface area contributed by atoms with Crippen LogP contribution in [0, 0.1) is 0 Å². The van der Waals surface area contributed by atoms with E-state index in [4.69, 9.17) is 4.74 Å². The summed E-state index contributed by atoms with van der Waals surface area (Å²) in [5.41, 5.74) is 1.38. The molecule has 20 heavy (non-hydrogen) atoms. The van der Waals surface area contributed by atoms with E-state index in [0.29, 0.717) is 6.10 Å². The van der Waals surface area contributed by atoms with E-state index in [1.807, 2.05) is 11.8 Å². The monoisotopic (exact) mass is 292 g/mol. The van der Waals surface area contributed by atoms with Crippen molar-refractivity contribution in [3.05, 3.63) is 29.8 Å². The SMILES string of the molecule is CN1CCOC(CSc2ccc(CNC3CC3)cc2)C1. The molecule has 0 spiro atoms. The second-order valence-corrected chi connectivity index (χ2v) is 6.96. The van der Waals surface area contributed by atoms with Crippen molar-refractivity contribution in [3.63, 3.8) is 0 Å². The average molecular weight is 292 g/mol. The number of hydrogen-bond donors (Lipinski definition) is 1. The summed E-state index contributed by atoms with van der Waals surface area (Å²) in [6, 6.07) is 9.74. The van der Waals surface area contributed by atoms with Crippen molar-refractivity contribution in [2.45, 2.75) is 36.4 Å². The predicted octanol–water partition coefficient (Wildman–Crippen LogP) is 2.36. The normalized spacial score (nSPS) is 23.9. The molecule has 1 saturated heterocycles. The summed E-state index contributed by atoms with van der Waals surface area (Å²) in [4.78, 5) is 3.69. The maximum absolute atomic E-state index is 5.79. The highest BCUT2D eigenvalue weighted by atomic mass is 32.2. The molecule has 3 nitrogen and oxygen atoms in total. The number of rotatable bonds is 6. The Labute approximate surface area is 126 Å². The van der Waals surface area contributed by atoms with Crippen LogP contribution in [0.1, 0.15) is 18.4 Å². The minimum atomic E-state index is 0.370. The van der Waals surface area contributed by atoms with Gasteiger partial charge < -0.3 is 15.0 Å². The lowest BCUT2D eigenvalue weighted by atomic mass is 10.2. The number of nitrogens with one attached hydrogen (secondary N) is 1. The molecule has 1 N–H and O–H groups in total. The fraction of sp³-hybridized carbons (Fsp3) is 0.625. The number of hydrogen-bond acceptors (Lipinski definition) is 4. The quantitative estimate of drug-likeness (QED) is 0.814. The van der Waals surface area contributed by atoms with Crippen molar-refractivity contribution in [1.29, 1.82) is 0 Å². The maximum atomic E-state index is 5.79. The van der Waals surface area contributed by atoms with Crippen molar-refractivity contribution >= 4 is 11.8 Å². The zero-order valence-electron chi connectivity index (χ0n) is 12.2.